The minimum Gasteiger partial charge on any atom is -0.396 e. The van der Waals surface area contributed by atoms with Crippen molar-refractivity contribution >= 4 is 28.7 Å². The van der Waals surface area contributed by atoms with Gasteiger partial charge in [0, 0.05) is 37.3 Å². The molecule has 0 spiro atoms. The van der Waals surface area contributed by atoms with Gasteiger partial charge in [0.15, 0.2) is 22.1 Å². The highest BCUT2D eigenvalue weighted by molar-refractivity contribution is 7.99. The Hall–Kier alpha value is -2.27. The average Bonchev–Trinajstić information content (AvgIpc) is 3.46. The van der Waals surface area contributed by atoms with Gasteiger partial charge in [-0.1, -0.05) is 54.2 Å². The molecule has 0 radical (unpaired) electrons. The predicted octanol–water partition coefficient (Wildman–Crippen LogP) is 1.99. The van der Waals surface area contributed by atoms with Crippen LogP contribution in [-0.2, 0) is 0 Å². The molecule has 5 rings (SSSR count). The van der Waals surface area contributed by atoms with E-state index in [0.717, 1.165) is 24.4 Å². The Bertz CT molecular complexity index is 1110. The van der Waals surface area contributed by atoms with Crippen molar-refractivity contribution in [2.75, 3.05) is 24.3 Å². The van der Waals surface area contributed by atoms with E-state index in [1.54, 1.807) is 16.4 Å². The summed E-state index contributed by atoms with van der Waals surface area (Å²) >= 11 is 1.59. The minimum atomic E-state index is -1.04. The first-order chi connectivity index (χ1) is 16.0. The quantitative estimate of drug-likeness (QED) is 0.335. The molecule has 6 atom stereocenters. The summed E-state index contributed by atoms with van der Waals surface area (Å²) in [5, 5.41) is 39.9. The third kappa shape index (κ3) is 4.09. The average molecular weight is 471 g/mol. The third-order valence-corrected chi connectivity index (χ3v) is 7.91. The predicted molar refractivity (Wildman–Crippen MR) is 126 cm³/mol. The van der Waals surface area contributed by atoms with Gasteiger partial charge in [-0.2, -0.15) is 0 Å². The molecule has 9 nitrogen and oxygen atoms in total. The van der Waals surface area contributed by atoms with E-state index in [-0.39, 0.29) is 6.61 Å². The van der Waals surface area contributed by atoms with E-state index in [0.29, 0.717) is 34.7 Å². The second-order valence-electron chi connectivity index (χ2n) is 9.04. The van der Waals surface area contributed by atoms with Crippen LogP contribution < -0.4 is 4.90 Å². The highest BCUT2D eigenvalue weighted by Crippen LogP contribution is 2.46. The number of anilines is 1. The Labute approximate surface area is 196 Å². The highest BCUT2D eigenvalue weighted by atomic mass is 32.2. The molecule has 2 fully saturated rings. The molecule has 33 heavy (non-hydrogen) atoms. The molecule has 2 aliphatic carbocycles. The van der Waals surface area contributed by atoms with Crippen LogP contribution in [0.15, 0.2) is 35.5 Å². The SMILES string of the molecule is CCCSc1nc(N(C)C2CC2c2ccccc2)c2nnn([C@H]3C[C@@H](CO)[C@H](O)[C@@H]3O)c2n1. The number of hydrogen-bond donors (Lipinski definition) is 3. The lowest BCUT2D eigenvalue weighted by Crippen LogP contribution is -2.31. The van der Waals surface area contributed by atoms with Crippen molar-refractivity contribution in [2.24, 2.45) is 5.92 Å². The minimum absolute atomic E-state index is 0.190. The van der Waals surface area contributed by atoms with E-state index in [1.165, 1.54) is 5.56 Å². The van der Waals surface area contributed by atoms with Crippen molar-refractivity contribution < 1.29 is 15.3 Å². The van der Waals surface area contributed by atoms with Crippen LogP contribution in [0.3, 0.4) is 0 Å². The van der Waals surface area contributed by atoms with Gasteiger partial charge in [0.1, 0.15) is 6.10 Å². The first-order valence-corrected chi connectivity index (χ1v) is 12.5. The highest BCUT2D eigenvalue weighted by Gasteiger charge is 2.45. The van der Waals surface area contributed by atoms with Crippen LogP contribution in [0.4, 0.5) is 5.82 Å². The first kappa shape index (κ1) is 22.5. The van der Waals surface area contributed by atoms with Gasteiger partial charge in [-0.3, -0.25) is 0 Å². The molecule has 176 valence electrons. The van der Waals surface area contributed by atoms with Gasteiger partial charge >= 0.3 is 0 Å². The summed E-state index contributed by atoms with van der Waals surface area (Å²) in [5.41, 5.74) is 2.46. The van der Waals surface area contributed by atoms with Crippen LogP contribution in [0.1, 0.15) is 43.7 Å². The second-order valence-corrected chi connectivity index (χ2v) is 10.1. The van der Waals surface area contributed by atoms with E-state index in [2.05, 4.69) is 46.4 Å². The molecule has 3 N–H and O–H groups in total. The summed E-state index contributed by atoms with van der Waals surface area (Å²) in [6.45, 7) is 1.93. The number of aliphatic hydroxyl groups is 3. The molecule has 3 aromatic rings. The summed E-state index contributed by atoms with van der Waals surface area (Å²) in [5.74, 6) is 1.67. The number of aromatic nitrogens is 5. The molecule has 2 heterocycles. The molecule has 1 aromatic carbocycles. The smallest absolute Gasteiger partial charge is 0.191 e. The van der Waals surface area contributed by atoms with E-state index < -0.39 is 24.2 Å². The van der Waals surface area contributed by atoms with Crippen LogP contribution in [0.2, 0.25) is 0 Å². The van der Waals surface area contributed by atoms with Gasteiger partial charge in [0.25, 0.3) is 0 Å². The number of rotatable bonds is 8. The third-order valence-electron chi connectivity index (χ3n) is 6.86. The van der Waals surface area contributed by atoms with Crippen LogP contribution in [0, 0.1) is 5.92 Å². The number of nitrogens with zero attached hydrogens (tertiary/aromatic N) is 6. The summed E-state index contributed by atoms with van der Waals surface area (Å²) < 4.78 is 1.61. The molecule has 0 amide bonds. The fourth-order valence-electron chi connectivity index (χ4n) is 4.87. The molecule has 2 unspecified atom stereocenters. The summed E-state index contributed by atoms with van der Waals surface area (Å²) in [6.07, 6.45) is 0.404. The van der Waals surface area contributed by atoms with Gasteiger partial charge in [0.05, 0.1) is 12.1 Å². The maximum Gasteiger partial charge on any atom is 0.191 e. The van der Waals surface area contributed by atoms with Crippen molar-refractivity contribution in [3.8, 4) is 0 Å². The van der Waals surface area contributed by atoms with E-state index in [9.17, 15) is 15.3 Å². The number of thioether (sulfide) groups is 1. The van der Waals surface area contributed by atoms with E-state index in [1.807, 2.05) is 13.1 Å². The normalized spacial score (nSPS) is 29.0. The molecule has 0 saturated heterocycles. The zero-order valence-electron chi connectivity index (χ0n) is 18.8. The van der Waals surface area contributed by atoms with Crippen LogP contribution >= 0.6 is 11.8 Å². The number of benzene rings is 1. The number of likely N-dealkylation sites (N-methyl/N-ethyl adjacent to an activating group) is 1. The Morgan fingerprint density at radius 3 is 2.61 bits per heavy atom. The van der Waals surface area contributed by atoms with Gasteiger partial charge in [0.2, 0.25) is 0 Å². The standard InChI is InChI=1S/C23H30N6O3S/c1-3-9-33-23-24-21(28(2)16-11-15(16)13-7-5-4-6-8-13)18-22(25-23)29(27-26-18)17-10-14(12-30)19(31)20(17)32/h4-8,14-17,19-20,30-32H,3,9-12H2,1-2H3/t14-,15?,16?,17-,19-,20+/m0/s1. The van der Waals surface area contributed by atoms with Gasteiger partial charge < -0.3 is 20.2 Å². The van der Waals surface area contributed by atoms with Crippen LogP contribution in [0.5, 0.6) is 0 Å². The fourth-order valence-corrected chi connectivity index (χ4v) is 5.56. The Kier molecular flexibility index (Phi) is 6.26. The molecule has 2 aliphatic rings. The molecular weight excluding hydrogens is 440 g/mol. The summed E-state index contributed by atoms with van der Waals surface area (Å²) in [4.78, 5) is 11.8. The van der Waals surface area contributed by atoms with Crippen molar-refractivity contribution in [2.45, 2.75) is 61.6 Å². The van der Waals surface area contributed by atoms with Crippen molar-refractivity contribution in [1.29, 1.82) is 0 Å². The Morgan fingerprint density at radius 1 is 1.12 bits per heavy atom. The topological polar surface area (TPSA) is 120 Å². The van der Waals surface area contributed by atoms with Gasteiger partial charge in [-0.05, 0) is 24.8 Å². The number of aliphatic hydroxyl groups excluding tert-OH is 3. The van der Waals surface area contributed by atoms with Crippen molar-refractivity contribution in [3.63, 3.8) is 0 Å². The van der Waals surface area contributed by atoms with Gasteiger partial charge in [-0.15, -0.1) is 5.10 Å². The van der Waals surface area contributed by atoms with Gasteiger partial charge in [-0.25, -0.2) is 14.6 Å². The molecule has 2 aromatic heterocycles. The zero-order chi connectivity index (χ0) is 23.1. The maximum absolute atomic E-state index is 10.6. The van der Waals surface area contributed by atoms with Crippen molar-refractivity contribution in [3.05, 3.63) is 35.9 Å². The molecule has 0 bridgehead atoms. The zero-order valence-corrected chi connectivity index (χ0v) is 19.6. The van der Waals surface area contributed by atoms with Crippen LogP contribution in [-0.4, -0.2) is 77.9 Å². The van der Waals surface area contributed by atoms with E-state index >= 15 is 0 Å². The largest absolute Gasteiger partial charge is 0.396 e. The Balaban J connectivity index is 1.51. The number of hydrogen-bond acceptors (Lipinski definition) is 9. The fraction of sp³-hybridized carbons (Fsp3) is 0.565. The second kappa shape index (κ2) is 9.17. The lowest BCUT2D eigenvalue weighted by Gasteiger charge is -2.20. The monoisotopic (exact) mass is 470 g/mol. The molecular formula is C23H30N6O3S. The van der Waals surface area contributed by atoms with E-state index in [4.69, 9.17) is 9.97 Å². The lowest BCUT2D eigenvalue weighted by atomic mass is 10.1. The maximum atomic E-state index is 10.6. The lowest BCUT2D eigenvalue weighted by molar-refractivity contribution is -0.00512. The molecule has 2 saturated carbocycles. The molecule has 0 aliphatic heterocycles. The molecule has 10 heteroatoms. The van der Waals surface area contributed by atoms with Crippen molar-refractivity contribution in [1.82, 2.24) is 25.0 Å². The first-order valence-electron chi connectivity index (χ1n) is 11.5. The van der Waals surface area contributed by atoms with Crippen LogP contribution in [0.25, 0.3) is 11.2 Å². The summed E-state index contributed by atoms with van der Waals surface area (Å²) in [6, 6.07) is 10.3. The summed E-state index contributed by atoms with van der Waals surface area (Å²) in [7, 11) is 2.04. The Morgan fingerprint density at radius 2 is 1.91 bits per heavy atom. The number of fused-ring (bicyclic) bond motifs is 1.